The molecule has 0 saturated carbocycles. The van der Waals surface area contributed by atoms with Crippen LogP contribution in [0.15, 0.2) is 30.6 Å². The molecule has 0 aliphatic rings. The van der Waals surface area contributed by atoms with Crippen LogP contribution in [0.2, 0.25) is 0 Å². The van der Waals surface area contributed by atoms with Gasteiger partial charge in [-0.3, -0.25) is 4.40 Å². The maximum atomic E-state index is 10.6. The minimum Gasteiger partial charge on any atom is -0.477 e. The fourth-order valence-corrected chi connectivity index (χ4v) is 1.09. The average Bonchev–Trinajstić information content (AvgIpc) is 2.47. The number of hydrogen-bond donors (Lipinski definition) is 1. The molecule has 4 nitrogen and oxygen atoms in total. The molecule has 1 N–H and O–H groups in total. The van der Waals surface area contributed by atoms with Gasteiger partial charge in [-0.05, 0) is 12.1 Å². The Morgan fingerprint density at radius 2 is 2.23 bits per heavy atom. The van der Waals surface area contributed by atoms with E-state index in [1.807, 2.05) is 6.07 Å². The lowest BCUT2D eigenvalue weighted by Gasteiger charge is -1.93. The summed E-state index contributed by atoms with van der Waals surface area (Å²) in [5.41, 5.74) is 0.834. The zero-order chi connectivity index (χ0) is 8.55. The first-order chi connectivity index (χ1) is 5.79. The number of carboxylic acid groups (broad SMARTS) is 1. The Balaban J connectivity index is 0.000000845. The average molecular weight is 199 g/mol. The van der Waals surface area contributed by atoms with Crippen LogP contribution in [0.25, 0.3) is 5.65 Å². The lowest BCUT2D eigenvalue weighted by Crippen LogP contribution is -2.00. The van der Waals surface area contributed by atoms with Gasteiger partial charge in [0.2, 0.25) is 0 Å². The van der Waals surface area contributed by atoms with Gasteiger partial charge in [0.25, 0.3) is 0 Å². The predicted octanol–water partition coefficient (Wildman–Crippen LogP) is 1.45. The van der Waals surface area contributed by atoms with E-state index in [9.17, 15) is 4.79 Å². The summed E-state index contributed by atoms with van der Waals surface area (Å²) in [6.07, 6.45) is 3.02. The van der Waals surface area contributed by atoms with Crippen LogP contribution in [0.4, 0.5) is 0 Å². The highest BCUT2D eigenvalue weighted by Gasteiger charge is 2.08. The minimum absolute atomic E-state index is 0. The van der Waals surface area contributed by atoms with Crippen LogP contribution in [0.5, 0.6) is 0 Å². The van der Waals surface area contributed by atoms with Crippen LogP contribution < -0.4 is 0 Å². The summed E-state index contributed by atoms with van der Waals surface area (Å²) in [5, 5.41) is 8.71. The molecule has 0 bridgehead atoms. The smallest absolute Gasteiger partial charge is 0.354 e. The summed E-state index contributed by atoms with van der Waals surface area (Å²) in [7, 11) is 0. The maximum absolute atomic E-state index is 10.6. The first kappa shape index (κ1) is 9.54. The molecule has 2 heterocycles. The van der Waals surface area contributed by atoms with Gasteiger partial charge in [0.15, 0.2) is 5.69 Å². The molecule has 0 atom stereocenters. The summed E-state index contributed by atoms with van der Waals surface area (Å²) in [5.74, 6) is -0.964. The van der Waals surface area contributed by atoms with E-state index < -0.39 is 5.97 Å². The van der Waals surface area contributed by atoms with Crippen molar-refractivity contribution < 1.29 is 9.90 Å². The largest absolute Gasteiger partial charge is 0.477 e. The second kappa shape index (κ2) is 3.45. The van der Waals surface area contributed by atoms with Crippen molar-refractivity contribution in [3.8, 4) is 0 Å². The van der Waals surface area contributed by atoms with E-state index in [1.54, 1.807) is 18.3 Å². The van der Waals surface area contributed by atoms with Crippen LogP contribution in [-0.2, 0) is 0 Å². The molecule has 0 saturated heterocycles. The number of aromatic carboxylic acids is 1. The number of rotatable bonds is 1. The Kier molecular flexibility index (Phi) is 2.53. The molecule has 2 aromatic heterocycles. The molecular weight excluding hydrogens is 192 g/mol. The van der Waals surface area contributed by atoms with Crippen LogP contribution in [0, 0.1) is 0 Å². The van der Waals surface area contributed by atoms with Gasteiger partial charge in [-0.2, -0.15) is 0 Å². The first-order valence-electron chi connectivity index (χ1n) is 3.44. The van der Waals surface area contributed by atoms with Crippen LogP contribution in [0.3, 0.4) is 0 Å². The number of pyridine rings is 1. The zero-order valence-electron chi connectivity index (χ0n) is 6.54. The quantitative estimate of drug-likeness (QED) is 0.755. The van der Waals surface area contributed by atoms with Crippen molar-refractivity contribution in [3.63, 3.8) is 0 Å². The topological polar surface area (TPSA) is 54.6 Å². The van der Waals surface area contributed by atoms with Gasteiger partial charge in [0.1, 0.15) is 5.65 Å². The number of carbonyl (C=O) groups is 1. The van der Waals surface area contributed by atoms with Crippen molar-refractivity contribution in [2.24, 2.45) is 0 Å². The Morgan fingerprint density at radius 1 is 1.46 bits per heavy atom. The Hall–Kier alpha value is -1.55. The molecule has 0 amide bonds. The van der Waals surface area contributed by atoms with Crippen molar-refractivity contribution in [2.75, 3.05) is 0 Å². The van der Waals surface area contributed by atoms with Crippen molar-refractivity contribution in [2.45, 2.75) is 0 Å². The lowest BCUT2D eigenvalue weighted by atomic mass is 10.4. The number of nitrogens with zero attached hydrogens (tertiary/aromatic N) is 2. The number of fused-ring (bicyclic) bond motifs is 1. The third-order valence-corrected chi connectivity index (χ3v) is 1.64. The lowest BCUT2D eigenvalue weighted by molar-refractivity contribution is 0.0689. The molecule has 0 aliphatic carbocycles. The Bertz CT molecular complexity index is 438. The maximum Gasteiger partial charge on any atom is 0.354 e. The molecule has 0 spiro atoms. The first-order valence-corrected chi connectivity index (χ1v) is 3.44. The fourth-order valence-electron chi connectivity index (χ4n) is 1.09. The fraction of sp³-hybridized carbons (Fsp3) is 0. The monoisotopic (exact) mass is 198 g/mol. The second-order valence-electron chi connectivity index (χ2n) is 2.38. The molecule has 0 radical (unpaired) electrons. The standard InChI is InChI=1S/C8H6N2O2.ClH/c11-8(12)6-5-9-7-3-1-2-4-10(6)7;/h1-5H,(H,11,12);1H. The van der Waals surface area contributed by atoms with Crippen LogP contribution in [0.1, 0.15) is 10.5 Å². The number of imidazole rings is 1. The molecule has 13 heavy (non-hydrogen) atoms. The van der Waals surface area contributed by atoms with Gasteiger partial charge in [0.05, 0.1) is 6.20 Å². The zero-order valence-corrected chi connectivity index (χ0v) is 7.36. The minimum atomic E-state index is -0.964. The van der Waals surface area contributed by atoms with E-state index in [-0.39, 0.29) is 18.1 Å². The highest BCUT2D eigenvalue weighted by molar-refractivity contribution is 5.86. The second-order valence-corrected chi connectivity index (χ2v) is 2.38. The SMILES string of the molecule is Cl.O=C(O)c1cnc2ccccn12. The summed E-state index contributed by atoms with van der Waals surface area (Å²) in [4.78, 5) is 14.5. The van der Waals surface area contributed by atoms with Crippen molar-refractivity contribution in [3.05, 3.63) is 36.3 Å². The van der Waals surface area contributed by atoms with Crippen molar-refractivity contribution >= 4 is 24.0 Å². The van der Waals surface area contributed by atoms with E-state index in [2.05, 4.69) is 4.98 Å². The van der Waals surface area contributed by atoms with Gasteiger partial charge >= 0.3 is 5.97 Å². The highest BCUT2D eigenvalue weighted by Crippen LogP contribution is 2.04. The molecule has 0 aromatic carbocycles. The molecule has 0 aliphatic heterocycles. The van der Waals surface area contributed by atoms with Crippen LogP contribution >= 0.6 is 12.4 Å². The van der Waals surface area contributed by atoms with E-state index in [0.717, 1.165) is 0 Å². The number of carboxylic acids is 1. The number of aromatic nitrogens is 2. The van der Waals surface area contributed by atoms with Gasteiger partial charge in [0, 0.05) is 6.20 Å². The Morgan fingerprint density at radius 3 is 2.92 bits per heavy atom. The molecule has 68 valence electrons. The van der Waals surface area contributed by atoms with Gasteiger partial charge in [-0.15, -0.1) is 12.4 Å². The van der Waals surface area contributed by atoms with Gasteiger partial charge < -0.3 is 5.11 Å². The number of halogens is 1. The number of hydrogen-bond acceptors (Lipinski definition) is 2. The van der Waals surface area contributed by atoms with Crippen LogP contribution in [-0.4, -0.2) is 20.5 Å². The Labute approximate surface area is 80.2 Å². The molecule has 5 heteroatoms. The van der Waals surface area contributed by atoms with Gasteiger partial charge in [-0.1, -0.05) is 6.07 Å². The van der Waals surface area contributed by atoms with E-state index in [4.69, 9.17) is 5.11 Å². The summed E-state index contributed by atoms with van der Waals surface area (Å²) < 4.78 is 1.53. The molecule has 0 fully saturated rings. The summed E-state index contributed by atoms with van der Waals surface area (Å²) in [6.45, 7) is 0. The predicted molar refractivity (Wildman–Crippen MR) is 49.4 cm³/mol. The van der Waals surface area contributed by atoms with Crippen molar-refractivity contribution in [1.29, 1.82) is 0 Å². The summed E-state index contributed by atoms with van der Waals surface area (Å²) in [6, 6.07) is 5.33. The van der Waals surface area contributed by atoms with E-state index >= 15 is 0 Å². The molecule has 2 aromatic rings. The van der Waals surface area contributed by atoms with Crippen molar-refractivity contribution in [1.82, 2.24) is 9.38 Å². The van der Waals surface area contributed by atoms with E-state index in [0.29, 0.717) is 5.65 Å². The third kappa shape index (κ3) is 1.48. The third-order valence-electron chi connectivity index (χ3n) is 1.64. The normalized spacial score (nSPS) is 9.54. The summed E-state index contributed by atoms with van der Waals surface area (Å²) >= 11 is 0. The molecule has 2 rings (SSSR count). The van der Waals surface area contributed by atoms with E-state index in [1.165, 1.54) is 10.6 Å². The molecule has 0 unspecified atom stereocenters. The highest BCUT2D eigenvalue weighted by atomic mass is 35.5. The van der Waals surface area contributed by atoms with Gasteiger partial charge in [-0.25, -0.2) is 9.78 Å². The molecular formula is C8H7ClN2O2.